The molecule has 0 saturated heterocycles. The Labute approximate surface area is 118 Å². The summed E-state index contributed by atoms with van der Waals surface area (Å²) in [6.45, 7) is 13.3. The predicted octanol–water partition coefficient (Wildman–Crippen LogP) is 4.73. The average molecular weight is 260 g/mol. The van der Waals surface area contributed by atoms with Crippen LogP contribution in [-0.2, 0) is 5.60 Å². The van der Waals surface area contributed by atoms with Gasteiger partial charge in [-0.3, -0.25) is 0 Å². The van der Waals surface area contributed by atoms with E-state index in [4.69, 9.17) is 0 Å². The highest BCUT2D eigenvalue weighted by Gasteiger charge is 2.47. The van der Waals surface area contributed by atoms with Crippen LogP contribution >= 0.6 is 0 Å². The van der Waals surface area contributed by atoms with E-state index in [0.29, 0.717) is 0 Å². The molecule has 0 spiro atoms. The van der Waals surface area contributed by atoms with Crippen molar-refractivity contribution in [2.75, 3.05) is 0 Å². The average Bonchev–Trinajstić information content (AvgIpc) is 2.09. The lowest BCUT2D eigenvalue weighted by molar-refractivity contribution is -0.0916. The first-order valence-corrected chi connectivity index (χ1v) is 7.33. The van der Waals surface area contributed by atoms with Crippen molar-refractivity contribution in [1.29, 1.82) is 0 Å². The fourth-order valence-corrected chi connectivity index (χ4v) is 4.59. The lowest BCUT2D eigenvalue weighted by atomic mass is 9.58. The Bertz CT molecular complexity index is 466. The van der Waals surface area contributed by atoms with Gasteiger partial charge >= 0.3 is 0 Å². The fraction of sp³-hybridized carbons (Fsp3) is 0.667. The molecule has 2 rings (SSSR count). The second kappa shape index (κ2) is 4.34. The third-order valence-corrected chi connectivity index (χ3v) is 4.38. The Balaban J connectivity index is 2.46. The first kappa shape index (κ1) is 14.6. The van der Waals surface area contributed by atoms with Crippen LogP contribution < -0.4 is 0 Å². The van der Waals surface area contributed by atoms with E-state index in [0.717, 1.165) is 18.4 Å². The molecule has 0 atom stereocenters. The molecule has 0 aliphatic heterocycles. The van der Waals surface area contributed by atoms with Gasteiger partial charge in [-0.15, -0.1) is 0 Å². The van der Waals surface area contributed by atoms with Gasteiger partial charge in [-0.25, -0.2) is 0 Å². The summed E-state index contributed by atoms with van der Waals surface area (Å²) in [6.07, 6.45) is 2.88. The van der Waals surface area contributed by atoms with Crippen molar-refractivity contribution in [3.63, 3.8) is 0 Å². The van der Waals surface area contributed by atoms with E-state index >= 15 is 0 Å². The van der Waals surface area contributed by atoms with Crippen molar-refractivity contribution in [2.45, 2.75) is 66.4 Å². The molecule has 1 aromatic rings. The zero-order chi connectivity index (χ0) is 14.5. The van der Waals surface area contributed by atoms with Crippen molar-refractivity contribution in [2.24, 2.45) is 10.8 Å². The van der Waals surface area contributed by atoms with Crippen molar-refractivity contribution < 1.29 is 5.11 Å². The molecular weight excluding hydrogens is 232 g/mol. The van der Waals surface area contributed by atoms with Crippen LogP contribution in [0.4, 0.5) is 0 Å². The third kappa shape index (κ3) is 3.02. The molecule has 1 aliphatic carbocycles. The van der Waals surface area contributed by atoms with Gasteiger partial charge in [0.25, 0.3) is 0 Å². The molecule has 1 nitrogen and oxygen atoms in total. The van der Waals surface area contributed by atoms with Crippen LogP contribution in [0.1, 0.15) is 63.6 Å². The van der Waals surface area contributed by atoms with Gasteiger partial charge in [0.1, 0.15) is 0 Å². The maximum atomic E-state index is 11.3. The van der Waals surface area contributed by atoms with Gasteiger partial charge in [0.05, 0.1) is 5.60 Å². The molecule has 1 aliphatic rings. The number of hydrogen-bond acceptors (Lipinski definition) is 1. The molecule has 0 aromatic heterocycles. The monoisotopic (exact) mass is 260 g/mol. The topological polar surface area (TPSA) is 20.2 Å². The van der Waals surface area contributed by atoms with Crippen LogP contribution in [0.5, 0.6) is 0 Å². The van der Waals surface area contributed by atoms with E-state index in [-0.39, 0.29) is 10.8 Å². The minimum absolute atomic E-state index is 0.188. The molecule has 1 N–H and O–H groups in total. The largest absolute Gasteiger partial charge is 0.385 e. The molecule has 0 unspecified atom stereocenters. The van der Waals surface area contributed by atoms with E-state index in [2.05, 4.69) is 59.7 Å². The van der Waals surface area contributed by atoms with Crippen molar-refractivity contribution in [3.05, 3.63) is 34.9 Å². The number of hydrogen-bond donors (Lipinski definition) is 1. The first-order chi connectivity index (χ1) is 8.53. The Morgan fingerprint density at radius 2 is 1.42 bits per heavy atom. The highest BCUT2D eigenvalue weighted by Crippen LogP contribution is 2.54. The summed E-state index contributed by atoms with van der Waals surface area (Å²) >= 11 is 0. The second-order valence-corrected chi connectivity index (χ2v) is 8.21. The highest BCUT2D eigenvalue weighted by molar-refractivity contribution is 5.35. The minimum Gasteiger partial charge on any atom is -0.385 e. The van der Waals surface area contributed by atoms with Crippen molar-refractivity contribution >= 4 is 0 Å². The van der Waals surface area contributed by atoms with Crippen LogP contribution in [0, 0.1) is 24.7 Å². The van der Waals surface area contributed by atoms with Crippen molar-refractivity contribution in [3.8, 4) is 0 Å². The van der Waals surface area contributed by atoms with E-state index in [9.17, 15) is 5.11 Å². The third-order valence-electron chi connectivity index (χ3n) is 4.38. The number of aryl methyl sites for hydroxylation is 2. The Morgan fingerprint density at radius 1 is 0.895 bits per heavy atom. The number of aliphatic hydroxyl groups is 1. The first-order valence-electron chi connectivity index (χ1n) is 7.33. The van der Waals surface area contributed by atoms with Crippen LogP contribution in [-0.4, -0.2) is 5.11 Å². The van der Waals surface area contributed by atoms with Gasteiger partial charge in [0.15, 0.2) is 0 Å². The van der Waals surface area contributed by atoms with Crippen LogP contribution in [0.3, 0.4) is 0 Å². The summed E-state index contributed by atoms with van der Waals surface area (Å²) in [6, 6.07) is 6.43. The Morgan fingerprint density at radius 3 is 1.89 bits per heavy atom. The lowest BCUT2D eigenvalue weighted by Gasteiger charge is -2.50. The van der Waals surface area contributed by atoms with E-state index in [1.807, 2.05) is 0 Å². The normalized spacial score (nSPS) is 24.2. The maximum Gasteiger partial charge on any atom is 0.0909 e. The Hall–Kier alpha value is -0.820. The summed E-state index contributed by atoms with van der Waals surface area (Å²) in [7, 11) is 0. The van der Waals surface area contributed by atoms with Gasteiger partial charge in [-0.1, -0.05) is 51.5 Å². The quantitative estimate of drug-likeness (QED) is 0.774. The molecule has 0 heterocycles. The van der Waals surface area contributed by atoms with Crippen LogP contribution in [0.25, 0.3) is 0 Å². The SMILES string of the molecule is Cc1ccc(C2(O)CC(C)(C)CC(C)(C)C2)c(C)c1. The molecule has 106 valence electrons. The molecule has 19 heavy (non-hydrogen) atoms. The molecule has 1 saturated carbocycles. The summed E-state index contributed by atoms with van der Waals surface area (Å²) in [5.41, 5.74) is 3.30. The second-order valence-electron chi connectivity index (χ2n) is 8.21. The number of rotatable bonds is 1. The van der Waals surface area contributed by atoms with Gasteiger partial charge in [-0.2, -0.15) is 0 Å². The Kier molecular flexibility index (Phi) is 3.33. The lowest BCUT2D eigenvalue weighted by Crippen LogP contribution is -2.44. The molecule has 0 radical (unpaired) electrons. The van der Waals surface area contributed by atoms with E-state index in [1.54, 1.807) is 0 Å². The van der Waals surface area contributed by atoms with Gasteiger partial charge in [0.2, 0.25) is 0 Å². The summed E-state index contributed by atoms with van der Waals surface area (Å²) in [5.74, 6) is 0. The van der Waals surface area contributed by atoms with Crippen molar-refractivity contribution in [1.82, 2.24) is 0 Å². The molecule has 0 bridgehead atoms. The zero-order valence-electron chi connectivity index (χ0n) is 13.3. The molecule has 1 fully saturated rings. The molecule has 1 heteroatoms. The van der Waals surface area contributed by atoms with Crippen LogP contribution in [0.2, 0.25) is 0 Å². The zero-order valence-corrected chi connectivity index (χ0v) is 13.3. The maximum absolute atomic E-state index is 11.3. The minimum atomic E-state index is -0.678. The van der Waals surface area contributed by atoms with Gasteiger partial charge in [-0.05, 0) is 55.1 Å². The highest BCUT2D eigenvalue weighted by atomic mass is 16.3. The van der Waals surface area contributed by atoms with E-state index < -0.39 is 5.60 Å². The molecule has 0 amide bonds. The van der Waals surface area contributed by atoms with Gasteiger partial charge < -0.3 is 5.11 Å². The number of benzene rings is 1. The summed E-state index contributed by atoms with van der Waals surface area (Å²) in [4.78, 5) is 0. The molecule has 1 aromatic carbocycles. The smallest absolute Gasteiger partial charge is 0.0909 e. The van der Waals surface area contributed by atoms with E-state index in [1.165, 1.54) is 17.5 Å². The summed E-state index contributed by atoms with van der Waals surface area (Å²) < 4.78 is 0. The predicted molar refractivity (Wildman–Crippen MR) is 81.2 cm³/mol. The van der Waals surface area contributed by atoms with Crippen LogP contribution in [0.15, 0.2) is 18.2 Å². The summed E-state index contributed by atoms with van der Waals surface area (Å²) in [5, 5.41) is 11.3. The fourth-order valence-electron chi connectivity index (χ4n) is 4.59. The standard InChI is InChI=1S/C18H28O/c1-13-7-8-15(14(2)9-13)18(19)11-16(3,4)10-17(5,6)12-18/h7-9,19H,10-12H2,1-6H3. The molecular formula is C18H28O. The van der Waals surface area contributed by atoms with Gasteiger partial charge in [0, 0.05) is 0 Å².